The molecule has 2 aromatic heterocycles. The number of aryl methyl sites for hydroxylation is 3. The van der Waals surface area contributed by atoms with Gasteiger partial charge in [-0.05, 0) is 31.9 Å². The molecular weight excluding hydrogens is 186 g/mol. The van der Waals surface area contributed by atoms with Gasteiger partial charge in [0.1, 0.15) is 0 Å². The van der Waals surface area contributed by atoms with Gasteiger partial charge < -0.3 is 4.57 Å². The molecule has 0 N–H and O–H groups in total. The fraction of sp³-hybridized carbons (Fsp3) is 0.333. The molecule has 0 saturated carbocycles. The number of pyridine rings is 1. The lowest BCUT2D eigenvalue weighted by molar-refractivity contribution is 0.675. The standard InChI is InChI=1S/C12H15N3/c1-10-11(2)15(9-14-10)7-5-12-4-3-6-13-8-12/h3-4,6,8-9H,5,7H2,1-2H3. The number of nitrogens with zero attached hydrogens (tertiary/aromatic N) is 3. The Bertz CT molecular complexity index is 431. The Morgan fingerprint density at radius 1 is 1.33 bits per heavy atom. The fourth-order valence-electron chi connectivity index (χ4n) is 1.57. The highest BCUT2D eigenvalue weighted by molar-refractivity contribution is 5.11. The Morgan fingerprint density at radius 3 is 2.80 bits per heavy atom. The van der Waals surface area contributed by atoms with Crippen LogP contribution in [0.1, 0.15) is 17.0 Å². The number of rotatable bonds is 3. The molecule has 2 aromatic rings. The summed E-state index contributed by atoms with van der Waals surface area (Å²) < 4.78 is 2.18. The molecule has 0 atom stereocenters. The first-order valence-corrected chi connectivity index (χ1v) is 5.14. The van der Waals surface area contributed by atoms with Gasteiger partial charge in [-0.25, -0.2) is 4.98 Å². The second-order valence-electron chi connectivity index (χ2n) is 3.72. The molecule has 0 unspecified atom stereocenters. The maximum absolute atomic E-state index is 4.28. The molecule has 15 heavy (non-hydrogen) atoms. The van der Waals surface area contributed by atoms with Gasteiger partial charge in [0.25, 0.3) is 0 Å². The number of hydrogen-bond donors (Lipinski definition) is 0. The highest BCUT2D eigenvalue weighted by atomic mass is 15.0. The third kappa shape index (κ3) is 2.24. The molecule has 78 valence electrons. The van der Waals surface area contributed by atoms with Crippen LogP contribution in [0.25, 0.3) is 0 Å². The first-order valence-electron chi connectivity index (χ1n) is 5.14. The summed E-state index contributed by atoms with van der Waals surface area (Å²) in [5, 5.41) is 0. The summed E-state index contributed by atoms with van der Waals surface area (Å²) >= 11 is 0. The molecule has 0 spiro atoms. The van der Waals surface area contributed by atoms with Gasteiger partial charge in [-0.15, -0.1) is 0 Å². The zero-order chi connectivity index (χ0) is 10.7. The van der Waals surface area contributed by atoms with Crippen molar-refractivity contribution in [2.75, 3.05) is 0 Å². The first-order chi connectivity index (χ1) is 7.27. The van der Waals surface area contributed by atoms with E-state index in [2.05, 4.69) is 27.5 Å². The van der Waals surface area contributed by atoms with E-state index in [-0.39, 0.29) is 0 Å². The smallest absolute Gasteiger partial charge is 0.0951 e. The second kappa shape index (κ2) is 4.26. The molecule has 0 saturated heterocycles. The zero-order valence-electron chi connectivity index (χ0n) is 9.14. The minimum Gasteiger partial charge on any atom is -0.334 e. The second-order valence-corrected chi connectivity index (χ2v) is 3.72. The van der Waals surface area contributed by atoms with Crippen LogP contribution in [0, 0.1) is 13.8 Å². The van der Waals surface area contributed by atoms with Gasteiger partial charge in [-0.1, -0.05) is 6.07 Å². The molecule has 0 aromatic carbocycles. The molecule has 2 heterocycles. The predicted molar refractivity (Wildman–Crippen MR) is 59.6 cm³/mol. The van der Waals surface area contributed by atoms with Gasteiger partial charge >= 0.3 is 0 Å². The molecule has 0 aliphatic rings. The minimum absolute atomic E-state index is 0.971. The van der Waals surface area contributed by atoms with Crippen LogP contribution in [0.2, 0.25) is 0 Å². The van der Waals surface area contributed by atoms with Crippen molar-refractivity contribution in [3.8, 4) is 0 Å². The molecular formula is C12H15N3. The molecule has 0 aliphatic carbocycles. The topological polar surface area (TPSA) is 30.7 Å². The van der Waals surface area contributed by atoms with Crippen molar-refractivity contribution >= 4 is 0 Å². The highest BCUT2D eigenvalue weighted by Gasteiger charge is 2.01. The number of aromatic nitrogens is 3. The lowest BCUT2D eigenvalue weighted by Crippen LogP contribution is -2.02. The van der Waals surface area contributed by atoms with Gasteiger partial charge in [0.05, 0.1) is 12.0 Å². The lowest BCUT2D eigenvalue weighted by atomic mass is 10.2. The SMILES string of the molecule is Cc1ncn(CCc2cccnc2)c1C. The lowest BCUT2D eigenvalue weighted by Gasteiger charge is -2.04. The van der Waals surface area contributed by atoms with Crippen LogP contribution in [0.15, 0.2) is 30.9 Å². The van der Waals surface area contributed by atoms with E-state index in [1.807, 2.05) is 25.5 Å². The van der Waals surface area contributed by atoms with Crippen LogP contribution < -0.4 is 0 Å². The summed E-state index contributed by atoms with van der Waals surface area (Å²) in [4.78, 5) is 8.38. The van der Waals surface area contributed by atoms with Gasteiger partial charge in [0.15, 0.2) is 0 Å². The van der Waals surface area contributed by atoms with Crippen molar-refractivity contribution in [3.05, 3.63) is 47.8 Å². The Morgan fingerprint density at radius 2 is 2.20 bits per heavy atom. The van der Waals surface area contributed by atoms with E-state index in [0.29, 0.717) is 0 Å². The third-order valence-corrected chi connectivity index (χ3v) is 2.71. The van der Waals surface area contributed by atoms with E-state index in [0.717, 1.165) is 18.7 Å². The summed E-state index contributed by atoms with van der Waals surface area (Å²) in [6.07, 6.45) is 6.63. The quantitative estimate of drug-likeness (QED) is 0.761. The molecule has 0 amide bonds. The van der Waals surface area contributed by atoms with Crippen LogP contribution >= 0.6 is 0 Å². The predicted octanol–water partition coefficient (Wildman–Crippen LogP) is 2.14. The Balaban J connectivity index is 2.02. The number of hydrogen-bond acceptors (Lipinski definition) is 2. The van der Waals surface area contributed by atoms with Crippen molar-refractivity contribution in [3.63, 3.8) is 0 Å². The van der Waals surface area contributed by atoms with E-state index >= 15 is 0 Å². The monoisotopic (exact) mass is 201 g/mol. The van der Waals surface area contributed by atoms with Gasteiger partial charge in [0, 0.05) is 24.6 Å². The summed E-state index contributed by atoms with van der Waals surface area (Å²) in [5.41, 5.74) is 3.63. The van der Waals surface area contributed by atoms with E-state index < -0.39 is 0 Å². The van der Waals surface area contributed by atoms with E-state index in [4.69, 9.17) is 0 Å². The van der Waals surface area contributed by atoms with E-state index in [1.54, 1.807) is 6.20 Å². The van der Waals surface area contributed by atoms with Gasteiger partial charge in [0.2, 0.25) is 0 Å². The summed E-state index contributed by atoms with van der Waals surface area (Å²) in [7, 11) is 0. The van der Waals surface area contributed by atoms with E-state index in [1.165, 1.54) is 11.3 Å². The fourth-order valence-corrected chi connectivity index (χ4v) is 1.57. The maximum atomic E-state index is 4.28. The largest absolute Gasteiger partial charge is 0.334 e. The van der Waals surface area contributed by atoms with Crippen LogP contribution in [0.5, 0.6) is 0 Å². The molecule has 0 radical (unpaired) electrons. The van der Waals surface area contributed by atoms with Crippen molar-refractivity contribution in [1.82, 2.24) is 14.5 Å². The van der Waals surface area contributed by atoms with Crippen molar-refractivity contribution in [2.45, 2.75) is 26.8 Å². The molecule has 3 nitrogen and oxygen atoms in total. The summed E-state index contributed by atoms with van der Waals surface area (Å²) in [6, 6.07) is 4.08. The Hall–Kier alpha value is -1.64. The zero-order valence-corrected chi connectivity index (χ0v) is 9.14. The molecule has 2 rings (SSSR count). The van der Waals surface area contributed by atoms with Crippen molar-refractivity contribution < 1.29 is 0 Å². The molecule has 0 bridgehead atoms. The average molecular weight is 201 g/mol. The van der Waals surface area contributed by atoms with Crippen LogP contribution in [-0.4, -0.2) is 14.5 Å². The number of imidazole rings is 1. The average Bonchev–Trinajstić information content (AvgIpc) is 2.59. The Labute approximate surface area is 89.8 Å². The van der Waals surface area contributed by atoms with E-state index in [9.17, 15) is 0 Å². The third-order valence-electron chi connectivity index (χ3n) is 2.71. The van der Waals surface area contributed by atoms with Crippen LogP contribution in [0.3, 0.4) is 0 Å². The van der Waals surface area contributed by atoms with Crippen LogP contribution in [0.4, 0.5) is 0 Å². The molecule has 3 heteroatoms. The molecule has 0 fully saturated rings. The summed E-state index contributed by atoms with van der Waals surface area (Å²) in [5.74, 6) is 0. The van der Waals surface area contributed by atoms with Crippen LogP contribution in [-0.2, 0) is 13.0 Å². The maximum Gasteiger partial charge on any atom is 0.0951 e. The van der Waals surface area contributed by atoms with Gasteiger partial charge in [-0.2, -0.15) is 0 Å². The van der Waals surface area contributed by atoms with Crippen molar-refractivity contribution in [2.24, 2.45) is 0 Å². The first kappa shape index (κ1) is 9.90. The summed E-state index contributed by atoms with van der Waals surface area (Å²) in [6.45, 7) is 5.11. The highest BCUT2D eigenvalue weighted by Crippen LogP contribution is 2.06. The normalized spacial score (nSPS) is 10.5. The van der Waals surface area contributed by atoms with Gasteiger partial charge in [-0.3, -0.25) is 4.98 Å². The van der Waals surface area contributed by atoms with Crippen molar-refractivity contribution in [1.29, 1.82) is 0 Å². The Kier molecular flexibility index (Phi) is 2.81. The molecule has 0 aliphatic heterocycles. The minimum atomic E-state index is 0.971.